The molecule has 2 aromatic rings. The fourth-order valence-electron chi connectivity index (χ4n) is 2.52. The van der Waals surface area contributed by atoms with Gasteiger partial charge in [-0.1, -0.05) is 29.3 Å². The quantitative estimate of drug-likeness (QED) is 0.772. The fraction of sp³-hybridized carbons (Fsp3) is 0.357. The predicted octanol–water partition coefficient (Wildman–Crippen LogP) is 5.08. The summed E-state index contributed by atoms with van der Waals surface area (Å²) in [5.74, 6) is 2.26. The van der Waals surface area contributed by atoms with Gasteiger partial charge < -0.3 is 4.57 Å². The molecule has 2 heterocycles. The Hall–Kier alpha value is -0.290. The first-order chi connectivity index (χ1) is 9.63. The highest BCUT2D eigenvalue weighted by molar-refractivity contribution is 8.20. The van der Waals surface area contributed by atoms with Gasteiger partial charge in [-0.2, -0.15) is 0 Å². The van der Waals surface area contributed by atoms with Crippen LogP contribution in [0.1, 0.15) is 18.5 Å². The van der Waals surface area contributed by atoms with E-state index in [4.69, 9.17) is 23.2 Å². The van der Waals surface area contributed by atoms with Gasteiger partial charge in [0.1, 0.15) is 4.08 Å². The van der Waals surface area contributed by atoms with Crippen molar-refractivity contribution < 1.29 is 0 Å². The Morgan fingerprint density at radius 1 is 1.30 bits per heavy atom. The molecule has 0 amide bonds. The lowest BCUT2D eigenvalue weighted by Gasteiger charge is -2.35. The van der Waals surface area contributed by atoms with E-state index in [0.717, 1.165) is 22.1 Å². The third kappa shape index (κ3) is 2.47. The Bertz CT molecular complexity index is 595. The fourth-order valence-corrected chi connectivity index (χ4v) is 6.69. The van der Waals surface area contributed by atoms with Gasteiger partial charge in [0.05, 0.1) is 12.4 Å². The van der Waals surface area contributed by atoms with E-state index in [1.807, 2.05) is 54.4 Å². The van der Waals surface area contributed by atoms with Crippen LogP contribution in [0.15, 0.2) is 36.9 Å². The molecule has 2 nitrogen and oxygen atoms in total. The molecule has 1 aliphatic heterocycles. The predicted molar refractivity (Wildman–Crippen MR) is 90.0 cm³/mol. The topological polar surface area (TPSA) is 17.8 Å². The summed E-state index contributed by atoms with van der Waals surface area (Å²) in [5.41, 5.74) is 1.15. The van der Waals surface area contributed by atoms with Gasteiger partial charge >= 0.3 is 0 Å². The van der Waals surface area contributed by atoms with Crippen LogP contribution in [0.2, 0.25) is 10.0 Å². The van der Waals surface area contributed by atoms with E-state index in [0.29, 0.717) is 5.02 Å². The molecule has 1 aromatic heterocycles. The zero-order valence-corrected chi connectivity index (χ0v) is 14.1. The maximum Gasteiger partial charge on any atom is 0.108 e. The Kier molecular flexibility index (Phi) is 4.27. The molecular formula is C14H14Cl2N2S2. The largest absolute Gasteiger partial charge is 0.332 e. The highest BCUT2D eigenvalue weighted by atomic mass is 35.5. The molecule has 1 aromatic carbocycles. The number of hydrogen-bond acceptors (Lipinski definition) is 3. The van der Waals surface area contributed by atoms with Crippen molar-refractivity contribution >= 4 is 46.7 Å². The van der Waals surface area contributed by atoms with Gasteiger partial charge in [-0.3, -0.25) is 0 Å². The first-order valence-corrected chi connectivity index (χ1v) is 9.07. The number of benzene rings is 1. The second-order valence-corrected chi connectivity index (χ2v) is 8.46. The first-order valence-electron chi connectivity index (χ1n) is 6.34. The van der Waals surface area contributed by atoms with Crippen LogP contribution in [-0.4, -0.2) is 21.1 Å². The Morgan fingerprint density at radius 3 is 2.65 bits per heavy atom. The lowest BCUT2D eigenvalue weighted by atomic mass is 10.1. The smallest absolute Gasteiger partial charge is 0.108 e. The van der Waals surface area contributed by atoms with Crippen molar-refractivity contribution in [1.82, 2.24) is 9.55 Å². The summed E-state index contributed by atoms with van der Waals surface area (Å²) in [7, 11) is 0. The van der Waals surface area contributed by atoms with E-state index in [1.54, 1.807) is 0 Å². The molecule has 1 aliphatic rings. The van der Waals surface area contributed by atoms with E-state index in [1.165, 1.54) is 0 Å². The Labute approximate surface area is 137 Å². The van der Waals surface area contributed by atoms with Crippen LogP contribution in [0.4, 0.5) is 0 Å². The van der Waals surface area contributed by atoms with Crippen molar-refractivity contribution in [2.24, 2.45) is 0 Å². The van der Waals surface area contributed by atoms with Crippen LogP contribution in [-0.2, 0) is 4.08 Å². The molecular weight excluding hydrogens is 331 g/mol. The maximum absolute atomic E-state index is 6.47. The van der Waals surface area contributed by atoms with Crippen LogP contribution < -0.4 is 0 Å². The monoisotopic (exact) mass is 344 g/mol. The summed E-state index contributed by atoms with van der Waals surface area (Å²) < 4.78 is 2.07. The van der Waals surface area contributed by atoms with Crippen LogP contribution in [0.3, 0.4) is 0 Å². The Balaban J connectivity index is 2.08. The molecule has 106 valence electrons. The number of thioether (sulfide) groups is 2. The van der Waals surface area contributed by atoms with Gasteiger partial charge in [-0.25, -0.2) is 4.98 Å². The number of rotatable bonds is 3. The van der Waals surface area contributed by atoms with Gasteiger partial charge in [0, 0.05) is 33.9 Å². The highest BCUT2D eigenvalue weighted by Gasteiger charge is 2.44. The molecule has 20 heavy (non-hydrogen) atoms. The minimum absolute atomic E-state index is 0.0810. The lowest BCUT2D eigenvalue weighted by molar-refractivity contribution is 0.508. The highest BCUT2D eigenvalue weighted by Crippen LogP contribution is 2.59. The van der Waals surface area contributed by atoms with Gasteiger partial charge in [-0.15, -0.1) is 23.5 Å². The normalized spacial score (nSPS) is 19.1. The van der Waals surface area contributed by atoms with Gasteiger partial charge in [-0.05, 0) is 24.6 Å². The average Bonchev–Trinajstić information content (AvgIpc) is 3.10. The molecule has 6 heteroatoms. The first kappa shape index (κ1) is 14.6. The van der Waals surface area contributed by atoms with E-state index < -0.39 is 0 Å². The number of aromatic nitrogens is 2. The molecule has 0 N–H and O–H groups in total. The van der Waals surface area contributed by atoms with Gasteiger partial charge in [0.25, 0.3) is 0 Å². The molecule has 0 bridgehead atoms. The van der Waals surface area contributed by atoms with Crippen LogP contribution in [0.5, 0.6) is 0 Å². The lowest BCUT2D eigenvalue weighted by Crippen LogP contribution is -2.27. The molecule has 1 unspecified atom stereocenters. The summed E-state index contributed by atoms with van der Waals surface area (Å²) in [6.07, 6.45) is 5.70. The molecule has 0 saturated carbocycles. The van der Waals surface area contributed by atoms with Gasteiger partial charge in [0.2, 0.25) is 0 Å². The van der Waals surface area contributed by atoms with Crippen LogP contribution >= 0.6 is 46.7 Å². The molecule has 1 atom stereocenters. The zero-order chi connectivity index (χ0) is 14.2. The molecule has 1 fully saturated rings. The molecule has 3 rings (SSSR count). The van der Waals surface area contributed by atoms with Crippen molar-refractivity contribution in [3.8, 4) is 0 Å². The SMILES string of the molecule is CC(n1ccnc1)C1(c2ccc(Cl)cc2Cl)SCCS1. The number of nitrogens with zero attached hydrogens (tertiary/aromatic N) is 2. The van der Waals surface area contributed by atoms with E-state index in [9.17, 15) is 0 Å². The summed E-state index contributed by atoms with van der Waals surface area (Å²) in [6, 6.07) is 6.08. The second-order valence-electron chi connectivity index (χ2n) is 4.67. The summed E-state index contributed by atoms with van der Waals surface area (Å²) in [5, 5.41) is 1.42. The average molecular weight is 345 g/mol. The van der Waals surface area contributed by atoms with Crippen molar-refractivity contribution in [2.75, 3.05) is 11.5 Å². The number of hydrogen-bond donors (Lipinski definition) is 0. The van der Waals surface area contributed by atoms with E-state index >= 15 is 0 Å². The summed E-state index contributed by atoms with van der Waals surface area (Å²) in [4.78, 5) is 4.17. The third-order valence-electron chi connectivity index (χ3n) is 3.54. The third-order valence-corrected chi connectivity index (χ3v) is 7.85. The molecule has 0 radical (unpaired) electrons. The maximum atomic E-state index is 6.47. The second kappa shape index (κ2) is 5.84. The number of halogens is 2. The standard InChI is InChI=1S/C14H14Cl2N2S2/c1-10(18-5-4-17-9-18)14(19-6-7-20-14)12-3-2-11(15)8-13(12)16/h2-5,8-10H,6-7H2,1H3. The van der Waals surface area contributed by atoms with Crippen molar-refractivity contribution in [3.63, 3.8) is 0 Å². The van der Waals surface area contributed by atoms with Crippen molar-refractivity contribution in [1.29, 1.82) is 0 Å². The zero-order valence-electron chi connectivity index (χ0n) is 10.9. The number of imidazole rings is 1. The molecule has 1 saturated heterocycles. The minimum atomic E-state index is -0.0810. The molecule has 0 aliphatic carbocycles. The van der Waals surface area contributed by atoms with Crippen molar-refractivity contribution in [2.45, 2.75) is 17.0 Å². The van der Waals surface area contributed by atoms with E-state index in [2.05, 4.69) is 22.5 Å². The molecule has 0 spiro atoms. The van der Waals surface area contributed by atoms with Crippen LogP contribution in [0.25, 0.3) is 0 Å². The van der Waals surface area contributed by atoms with Crippen molar-refractivity contribution in [3.05, 3.63) is 52.5 Å². The Morgan fingerprint density at radius 2 is 2.05 bits per heavy atom. The van der Waals surface area contributed by atoms with Crippen LogP contribution in [0, 0.1) is 0 Å². The summed E-state index contributed by atoms with van der Waals surface area (Å²) in [6.45, 7) is 2.22. The minimum Gasteiger partial charge on any atom is -0.332 e. The summed E-state index contributed by atoms with van der Waals surface area (Å²) >= 11 is 16.4. The van der Waals surface area contributed by atoms with Gasteiger partial charge in [0.15, 0.2) is 0 Å². The van der Waals surface area contributed by atoms with E-state index in [-0.39, 0.29) is 10.1 Å².